The number of rotatable bonds is 3. The first-order valence-corrected chi connectivity index (χ1v) is 4.19. The van der Waals surface area contributed by atoms with Gasteiger partial charge in [-0.15, -0.1) is 0 Å². The lowest BCUT2D eigenvalue weighted by Gasteiger charge is -2.02. The van der Waals surface area contributed by atoms with Crippen molar-refractivity contribution in [1.29, 1.82) is 0 Å². The monoisotopic (exact) mass is 235 g/mol. The number of allylic oxidation sites excluding steroid dienone is 1. The Bertz CT molecular complexity index is 231. The molecule has 0 aliphatic heterocycles. The molecule has 0 rings (SSSR count). The van der Waals surface area contributed by atoms with E-state index < -0.39 is 11.7 Å². The number of nitrogens with one attached hydrogen (secondary N) is 1. The molecular formula is C8H11BrFNO. The Morgan fingerprint density at radius 2 is 2.08 bits per heavy atom. The van der Waals surface area contributed by atoms with Gasteiger partial charge in [-0.3, -0.25) is 4.79 Å². The zero-order valence-corrected chi connectivity index (χ0v) is 8.66. The van der Waals surface area contributed by atoms with E-state index in [1.54, 1.807) is 0 Å². The van der Waals surface area contributed by atoms with Crippen molar-refractivity contribution in [2.45, 2.75) is 13.8 Å². The third-order valence-corrected chi connectivity index (χ3v) is 1.36. The van der Waals surface area contributed by atoms with Gasteiger partial charge in [0.25, 0.3) is 5.91 Å². The summed E-state index contributed by atoms with van der Waals surface area (Å²) < 4.78 is 13.4. The van der Waals surface area contributed by atoms with E-state index >= 15 is 0 Å². The molecule has 0 spiro atoms. The van der Waals surface area contributed by atoms with Gasteiger partial charge in [0.05, 0.1) is 0 Å². The van der Waals surface area contributed by atoms with Crippen LogP contribution in [-0.4, -0.2) is 12.5 Å². The van der Waals surface area contributed by atoms with Crippen molar-refractivity contribution in [2.75, 3.05) is 6.54 Å². The highest BCUT2D eigenvalue weighted by atomic mass is 79.9. The van der Waals surface area contributed by atoms with Gasteiger partial charge in [0.15, 0.2) is 5.83 Å². The minimum absolute atomic E-state index is 0.236. The van der Waals surface area contributed by atoms with Gasteiger partial charge in [-0.25, -0.2) is 4.39 Å². The first kappa shape index (κ1) is 11.4. The van der Waals surface area contributed by atoms with Crippen LogP contribution in [0.15, 0.2) is 22.5 Å². The average molecular weight is 236 g/mol. The van der Waals surface area contributed by atoms with E-state index in [1.165, 1.54) is 13.8 Å². The molecule has 0 fully saturated rings. The van der Waals surface area contributed by atoms with E-state index in [1.807, 2.05) is 0 Å². The van der Waals surface area contributed by atoms with Gasteiger partial charge in [0, 0.05) is 11.0 Å². The summed E-state index contributed by atoms with van der Waals surface area (Å²) in [5.41, 5.74) is 0.368. The zero-order valence-electron chi connectivity index (χ0n) is 7.08. The van der Waals surface area contributed by atoms with Gasteiger partial charge < -0.3 is 5.32 Å². The Morgan fingerprint density at radius 1 is 1.58 bits per heavy atom. The Labute approximate surface area is 79.7 Å². The topological polar surface area (TPSA) is 29.1 Å². The van der Waals surface area contributed by atoms with Crippen molar-refractivity contribution < 1.29 is 9.18 Å². The van der Waals surface area contributed by atoms with Gasteiger partial charge in [-0.1, -0.05) is 22.5 Å². The molecule has 1 amide bonds. The van der Waals surface area contributed by atoms with Crippen molar-refractivity contribution in [1.82, 2.24) is 5.32 Å². The smallest absolute Gasteiger partial charge is 0.280 e. The fraction of sp³-hybridized carbons (Fsp3) is 0.375. The summed E-state index contributed by atoms with van der Waals surface area (Å²) in [6, 6.07) is 0. The summed E-state index contributed by atoms with van der Waals surface area (Å²) in [5.74, 6) is -1.43. The first-order chi connectivity index (χ1) is 5.45. The molecule has 0 saturated heterocycles. The lowest BCUT2D eigenvalue weighted by molar-refractivity contribution is -0.118. The van der Waals surface area contributed by atoms with Crippen LogP contribution in [-0.2, 0) is 4.79 Å². The van der Waals surface area contributed by atoms with E-state index in [4.69, 9.17) is 0 Å². The van der Waals surface area contributed by atoms with Crippen molar-refractivity contribution >= 4 is 21.8 Å². The highest BCUT2D eigenvalue weighted by Crippen LogP contribution is 2.05. The van der Waals surface area contributed by atoms with Gasteiger partial charge >= 0.3 is 0 Å². The third kappa shape index (κ3) is 4.28. The molecule has 0 aromatic heterocycles. The molecule has 0 unspecified atom stereocenters. The molecule has 0 bridgehead atoms. The minimum Gasteiger partial charge on any atom is -0.345 e. The highest BCUT2D eigenvalue weighted by Gasteiger charge is 2.08. The quantitative estimate of drug-likeness (QED) is 0.748. The Hall–Kier alpha value is -0.640. The Balaban J connectivity index is 4.07. The molecule has 4 heteroatoms. The number of amides is 1. The van der Waals surface area contributed by atoms with E-state index in [0.717, 1.165) is 0 Å². The predicted molar refractivity (Wildman–Crippen MR) is 50.6 cm³/mol. The molecule has 0 aromatic rings. The number of halogens is 2. The van der Waals surface area contributed by atoms with Crippen molar-refractivity contribution in [3.63, 3.8) is 0 Å². The van der Waals surface area contributed by atoms with Crippen molar-refractivity contribution in [2.24, 2.45) is 0 Å². The van der Waals surface area contributed by atoms with E-state index in [9.17, 15) is 9.18 Å². The van der Waals surface area contributed by atoms with Crippen LogP contribution in [0.5, 0.6) is 0 Å². The molecule has 1 N–H and O–H groups in total. The highest BCUT2D eigenvalue weighted by molar-refractivity contribution is 9.11. The first-order valence-electron chi connectivity index (χ1n) is 3.39. The maximum Gasteiger partial charge on any atom is 0.280 e. The second-order valence-electron chi connectivity index (χ2n) is 2.51. The van der Waals surface area contributed by atoms with Crippen LogP contribution in [0.4, 0.5) is 4.39 Å². The molecule has 12 heavy (non-hydrogen) atoms. The second-order valence-corrected chi connectivity index (χ2v) is 3.64. The maximum atomic E-state index is 12.8. The van der Waals surface area contributed by atoms with E-state index in [0.29, 0.717) is 10.1 Å². The molecule has 0 aromatic carbocycles. The molecule has 0 radical (unpaired) electrons. The van der Waals surface area contributed by atoms with Crippen molar-refractivity contribution in [3.05, 3.63) is 22.5 Å². The fourth-order valence-corrected chi connectivity index (χ4v) is 0.621. The van der Waals surface area contributed by atoms with Gasteiger partial charge in [0.1, 0.15) is 0 Å². The second kappa shape index (κ2) is 5.09. The van der Waals surface area contributed by atoms with Crippen LogP contribution < -0.4 is 5.32 Å². The van der Waals surface area contributed by atoms with Crippen LogP contribution in [0.25, 0.3) is 0 Å². The molecule has 2 nitrogen and oxygen atoms in total. The van der Waals surface area contributed by atoms with Crippen LogP contribution in [0.1, 0.15) is 13.8 Å². The number of carbonyl (C=O) groups excluding carboxylic acids is 1. The summed E-state index contributed by atoms with van der Waals surface area (Å²) in [6.07, 6.45) is 0. The molecule has 0 aliphatic carbocycles. The largest absolute Gasteiger partial charge is 0.345 e. The summed E-state index contributed by atoms with van der Waals surface area (Å²) in [7, 11) is 0. The normalized spacial score (nSPS) is 9.00. The van der Waals surface area contributed by atoms with Crippen LogP contribution in [0, 0.1) is 0 Å². The number of hydrogen-bond donors (Lipinski definition) is 1. The molecule has 68 valence electrons. The van der Waals surface area contributed by atoms with Gasteiger partial charge in [-0.05, 0) is 19.4 Å². The van der Waals surface area contributed by atoms with Crippen LogP contribution in [0.2, 0.25) is 0 Å². The lowest BCUT2D eigenvalue weighted by atomic mass is 10.3. The molecular weight excluding hydrogens is 225 g/mol. The summed E-state index contributed by atoms with van der Waals surface area (Å²) >= 11 is 3.04. The Morgan fingerprint density at radius 3 is 2.42 bits per heavy atom. The maximum absolute atomic E-state index is 12.8. The third-order valence-electron chi connectivity index (χ3n) is 1.08. The van der Waals surface area contributed by atoms with Gasteiger partial charge in [0.2, 0.25) is 0 Å². The number of carbonyl (C=O) groups is 1. The molecule has 0 saturated carbocycles. The minimum atomic E-state index is -0.733. The standard InChI is InChI=1S/C8H11BrFNO/c1-5(2)7(10)8(12)11-4-6(3)9/h3-4H2,1-2H3,(H,11,12). The van der Waals surface area contributed by atoms with Crippen molar-refractivity contribution in [3.8, 4) is 0 Å². The zero-order chi connectivity index (χ0) is 9.72. The number of hydrogen-bond acceptors (Lipinski definition) is 1. The van der Waals surface area contributed by atoms with Gasteiger partial charge in [-0.2, -0.15) is 0 Å². The van der Waals surface area contributed by atoms with E-state index in [-0.39, 0.29) is 6.54 Å². The molecule has 0 heterocycles. The Kier molecular flexibility index (Phi) is 4.81. The summed E-state index contributed by atoms with van der Waals surface area (Å²) in [5, 5.41) is 2.34. The summed E-state index contributed by atoms with van der Waals surface area (Å²) in [6.45, 7) is 6.81. The van der Waals surface area contributed by atoms with Crippen LogP contribution in [0.3, 0.4) is 0 Å². The predicted octanol–water partition coefficient (Wildman–Crippen LogP) is 2.27. The SMILES string of the molecule is C=C(Br)CNC(=O)C(F)=C(C)C. The van der Waals surface area contributed by atoms with E-state index in [2.05, 4.69) is 27.8 Å². The molecule has 0 aliphatic rings. The fourth-order valence-electron chi connectivity index (χ4n) is 0.481. The average Bonchev–Trinajstić information content (AvgIpc) is 1.98. The van der Waals surface area contributed by atoms with Crippen LogP contribution >= 0.6 is 15.9 Å². The lowest BCUT2D eigenvalue weighted by Crippen LogP contribution is -2.25. The summed E-state index contributed by atoms with van der Waals surface area (Å²) in [4.78, 5) is 10.9. The molecule has 0 atom stereocenters.